The Morgan fingerprint density at radius 2 is 2.07 bits per heavy atom. The molecule has 1 amide bonds. The first kappa shape index (κ1) is 10.0. The summed E-state index contributed by atoms with van der Waals surface area (Å²) in [5.41, 5.74) is 4.99. The highest BCUT2D eigenvalue weighted by Crippen LogP contribution is 2.22. The second-order valence-corrected chi connectivity index (χ2v) is 2.64. The number of rotatable bonds is 2. The van der Waals surface area contributed by atoms with Gasteiger partial charge in [-0.1, -0.05) is 0 Å². The Morgan fingerprint density at radius 3 is 2.57 bits per heavy atom. The molecule has 1 aromatic carbocycles. The topological polar surface area (TPSA) is 89.6 Å². The molecule has 0 fully saturated rings. The predicted octanol–water partition coefficient (Wildman–Crippen LogP) is 0.416. The van der Waals surface area contributed by atoms with Crippen molar-refractivity contribution in [2.45, 2.75) is 6.92 Å². The van der Waals surface area contributed by atoms with Gasteiger partial charge in [0, 0.05) is 6.92 Å². The number of nitrogens with two attached hydrogens (primary N) is 1. The van der Waals surface area contributed by atoms with Crippen LogP contribution in [0, 0.1) is 0 Å². The smallest absolute Gasteiger partial charge is 0.308 e. The van der Waals surface area contributed by atoms with Crippen LogP contribution >= 0.6 is 0 Å². The first-order valence-electron chi connectivity index (χ1n) is 3.82. The summed E-state index contributed by atoms with van der Waals surface area (Å²) in [5, 5.41) is 9.07. The van der Waals surface area contributed by atoms with Gasteiger partial charge >= 0.3 is 5.97 Å². The number of hydrogen-bond acceptors (Lipinski definition) is 4. The van der Waals surface area contributed by atoms with Crippen LogP contribution in [0.1, 0.15) is 17.3 Å². The fourth-order valence-corrected chi connectivity index (χ4v) is 0.954. The number of benzene rings is 1. The number of carbonyl (C=O) groups excluding carboxylic acids is 2. The third-order valence-electron chi connectivity index (χ3n) is 1.48. The molecule has 0 aromatic heterocycles. The summed E-state index contributed by atoms with van der Waals surface area (Å²) in [4.78, 5) is 21.5. The van der Waals surface area contributed by atoms with Crippen LogP contribution in [-0.4, -0.2) is 17.0 Å². The normalized spacial score (nSPS) is 9.50. The summed E-state index contributed by atoms with van der Waals surface area (Å²) in [6, 6.07) is 3.74. The van der Waals surface area contributed by atoms with E-state index in [0.29, 0.717) is 0 Å². The van der Waals surface area contributed by atoms with E-state index in [1.807, 2.05) is 0 Å². The zero-order valence-electron chi connectivity index (χ0n) is 7.48. The van der Waals surface area contributed by atoms with Crippen LogP contribution in [-0.2, 0) is 4.79 Å². The van der Waals surface area contributed by atoms with E-state index < -0.39 is 11.9 Å². The van der Waals surface area contributed by atoms with Crippen LogP contribution < -0.4 is 10.5 Å². The van der Waals surface area contributed by atoms with E-state index in [1.54, 1.807) is 0 Å². The van der Waals surface area contributed by atoms with Crippen molar-refractivity contribution in [1.82, 2.24) is 0 Å². The minimum Gasteiger partial charge on any atom is -0.508 e. The van der Waals surface area contributed by atoms with Crippen LogP contribution in [0.15, 0.2) is 18.2 Å². The molecular formula is C9H9NO4. The van der Waals surface area contributed by atoms with Crippen molar-refractivity contribution in [3.63, 3.8) is 0 Å². The van der Waals surface area contributed by atoms with Gasteiger partial charge in [0.25, 0.3) is 5.91 Å². The van der Waals surface area contributed by atoms with Crippen molar-refractivity contribution in [2.75, 3.05) is 0 Å². The van der Waals surface area contributed by atoms with Gasteiger partial charge in [-0.15, -0.1) is 0 Å². The first-order valence-corrected chi connectivity index (χ1v) is 3.82. The molecule has 5 heteroatoms. The van der Waals surface area contributed by atoms with Crippen LogP contribution in [0.4, 0.5) is 0 Å². The third kappa shape index (κ3) is 2.22. The summed E-state index contributed by atoms with van der Waals surface area (Å²) in [7, 11) is 0. The number of aromatic hydroxyl groups is 1. The van der Waals surface area contributed by atoms with E-state index in [2.05, 4.69) is 0 Å². The highest BCUT2D eigenvalue weighted by molar-refractivity contribution is 5.96. The standard InChI is InChI=1S/C9H9NO4/c1-5(11)14-8-3-2-6(12)4-7(8)9(10)13/h2-4,12H,1H3,(H2,10,13). The van der Waals surface area contributed by atoms with E-state index in [4.69, 9.17) is 15.6 Å². The average molecular weight is 195 g/mol. The van der Waals surface area contributed by atoms with Crippen LogP contribution in [0.5, 0.6) is 11.5 Å². The number of carbonyl (C=O) groups is 2. The van der Waals surface area contributed by atoms with Crippen molar-refractivity contribution in [1.29, 1.82) is 0 Å². The Hall–Kier alpha value is -2.04. The van der Waals surface area contributed by atoms with Gasteiger partial charge in [0.15, 0.2) is 0 Å². The lowest BCUT2D eigenvalue weighted by Crippen LogP contribution is -2.14. The van der Waals surface area contributed by atoms with Gasteiger partial charge < -0.3 is 15.6 Å². The number of esters is 1. The third-order valence-corrected chi connectivity index (χ3v) is 1.48. The molecule has 0 bridgehead atoms. The van der Waals surface area contributed by atoms with Gasteiger partial charge in [-0.3, -0.25) is 9.59 Å². The van der Waals surface area contributed by atoms with Gasteiger partial charge in [-0.2, -0.15) is 0 Å². The predicted molar refractivity (Wildman–Crippen MR) is 47.9 cm³/mol. The Bertz CT molecular complexity index is 386. The molecule has 0 saturated carbocycles. The minimum absolute atomic E-state index is 0.0276. The molecular weight excluding hydrogens is 186 g/mol. The van der Waals surface area contributed by atoms with E-state index in [1.165, 1.54) is 19.1 Å². The van der Waals surface area contributed by atoms with Crippen molar-refractivity contribution in [3.8, 4) is 11.5 Å². The lowest BCUT2D eigenvalue weighted by Gasteiger charge is -2.05. The number of hydrogen-bond donors (Lipinski definition) is 2. The fraction of sp³-hybridized carbons (Fsp3) is 0.111. The lowest BCUT2D eigenvalue weighted by molar-refractivity contribution is -0.131. The molecule has 0 heterocycles. The number of amides is 1. The molecule has 74 valence electrons. The Balaban J connectivity index is 3.14. The molecule has 1 rings (SSSR count). The van der Waals surface area contributed by atoms with E-state index in [0.717, 1.165) is 6.07 Å². The molecule has 3 N–H and O–H groups in total. The zero-order valence-corrected chi connectivity index (χ0v) is 7.48. The number of phenolic OH excluding ortho intramolecular Hbond substituents is 1. The molecule has 0 spiro atoms. The molecule has 5 nitrogen and oxygen atoms in total. The maximum Gasteiger partial charge on any atom is 0.308 e. The summed E-state index contributed by atoms with van der Waals surface area (Å²) >= 11 is 0. The highest BCUT2D eigenvalue weighted by atomic mass is 16.5. The van der Waals surface area contributed by atoms with Crippen molar-refractivity contribution in [2.24, 2.45) is 5.73 Å². The van der Waals surface area contributed by atoms with Gasteiger partial charge in [0.1, 0.15) is 11.5 Å². The van der Waals surface area contributed by atoms with Crippen LogP contribution in [0.3, 0.4) is 0 Å². The molecule has 0 aliphatic heterocycles. The molecule has 0 radical (unpaired) electrons. The molecule has 14 heavy (non-hydrogen) atoms. The summed E-state index contributed by atoms with van der Waals surface area (Å²) in [6.07, 6.45) is 0. The monoisotopic (exact) mass is 195 g/mol. The Labute approximate surface area is 80.1 Å². The van der Waals surface area contributed by atoms with Crippen molar-refractivity contribution in [3.05, 3.63) is 23.8 Å². The van der Waals surface area contributed by atoms with Crippen LogP contribution in [0.25, 0.3) is 0 Å². The second kappa shape index (κ2) is 3.78. The molecule has 0 unspecified atom stereocenters. The first-order chi connectivity index (χ1) is 6.50. The number of primary amides is 1. The van der Waals surface area contributed by atoms with Crippen LogP contribution in [0.2, 0.25) is 0 Å². The van der Waals surface area contributed by atoms with E-state index in [9.17, 15) is 9.59 Å². The number of phenols is 1. The van der Waals surface area contributed by atoms with Crippen molar-refractivity contribution >= 4 is 11.9 Å². The van der Waals surface area contributed by atoms with Gasteiger partial charge in [-0.25, -0.2) is 0 Å². The molecule has 0 aliphatic carbocycles. The maximum atomic E-state index is 10.9. The Morgan fingerprint density at radius 1 is 1.43 bits per heavy atom. The molecule has 0 aliphatic rings. The molecule has 0 atom stereocenters. The van der Waals surface area contributed by atoms with Crippen molar-refractivity contribution < 1.29 is 19.4 Å². The van der Waals surface area contributed by atoms with E-state index in [-0.39, 0.29) is 17.1 Å². The van der Waals surface area contributed by atoms with Gasteiger partial charge in [0.05, 0.1) is 5.56 Å². The molecule has 0 saturated heterocycles. The fourth-order valence-electron chi connectivity index (χ4n) is 0.954. The zero-order chi connectivity index (χ0) is 10.7. The maximum absolute atomic E-state index is 10.9. The number of ether oxygens (including phenoxy) is 1. The highest BCUT2D eigenvalue weighted by Gasteiger charge is 2.11. The average Bonchev–Trinajstić information content (AvgIpc) is 2.07. The molecule has 1 aromatic rings. The van der Waals surface area contributed by atoms with E-state index >= 15 is 0 Å². The quantitative estimate of drug-likeness (QED) is 0.528. The summed E-state index contributed by atoms with van der Waals surface area (Å²) in [6.45, 7) is 1.21. The lowest BCUT2D eigenvalue weighted by atomic mass is 10.2. The van der Waals surface area contributed by atoms with Gasteiger partial charge in [-0.05, 0) is 18.2 Å². The minimum atomic E-state index is -0.767. The second-order valence-electron chi connectivity index (χ2n) is 2.64. The summed E-state index contributed by atoms with van der Waals surface area (Å²) < 4.78 is 4.71. The van der Waals surface area contributed by atoms with Gasteiger partial charge in [0.2, 0.25) is 0 Å². The SMILES string of the molecule is CC(=O)Oc1ccc(O)cc1C(N)=O. The summed E-state index contributed by atoms with van der Waals surface area (Å²) in [5.74, 6) is -1.40. The Kier molecular flexibility index (Phi) is 2.71. The largest absolute Gasteiger partial charge is 0.508 e.